The van der Waals surface area contributed by atoms with Crippen LogP contribution in [-0.2, 0) is 0 Å². The molecule has 3 heterocycles. The zero-order valence-corrected chi connectivity index (χ0v) is 29.8. The monoisotopic (exact) mass is 692 g/mol. The van der Waals surface area contributed by atoms with Crippen molar-refractivity contribution in [2.45, 2.75) is 5.92 Å². The van der Waals surface area contributed by atoms with Crippen molar-refractivity contribution in [1.29, 1.82) is 0 Å². The van der Waals surface area contributed by atoms with Gasteiger partial charge in [0.15, 0.2) is 7.28 Å². The van der Waals surface area contributed by atoms with Crippen molar-refractivity contribution in [2.75, 3.05) is 5.32 Å². The zero-order valence-electron chi connectivity index (χ0n) is 29.0. The van der Waals surface area contributed by atoms with E-state index in [4.69, 9.17) is 0 Å². The van der Waals surface area contributed by atoms with E-state index in [1.807, 2.05) is 11.3 Å². The van der Waals surface area contributed by atoms with Crippen LogP contribution in [0.2, 0.25) is 0 Å². The fourth-order valence-electron chi connectivity index (χ4n) is 8.84. The van der Waals surface area contributed by atoms with Crippen molar-refractivity contribution in [3.63, 3.8) is 0 Å². The minimum absolute atomic E-state index is 0.0258. The third kappa shape index (κ3) is 4.80. The van der Waals surface area contributed by atoms with Gasteiger partial charge in [-0.2, -0.15) is 0 Å². The highest BCUT2D eigenvalue weighted by atomic mass is 32.1. The highest BCUT2D eigenvalue weighted by Gasteiger charge is 2.31. The molecule has 53 heavy (non-hydrogen) atoms. The molecule has 8 aromatic carbocycles. The standard InChI is InChI=1S/C49H33BN2S/c1-4-16-31(17-5-1)46(32-18-6-2-7-19-32)39-29-38(48-49-47(39)35-23-10-13-25-42(35)52(49)43-26-14-12-24-40(43)50-48)36-28-37-34-22-11-15-27-44(34)53-45(37)30-41(36)51-33-20-8-3-9-21-33/h1-30,46,50-51H. The molecule has 0 atom stereocenters. The first kappa shape index (κ1) is 30.3. The minimum Gasteiger partial charge on any atom is -0.355 e. The van der Waals surface area contributed by atoms with Crippen LogP contribution in [0.25, 0.3) is 58.8 Å². The molecule has 0 fully saturated rings. The second kappa shape index (κ2) is 12.1. The Kier molecular flexibility index (Phi) is 6.93. The van der Waals surface area contributed by atoms with Crippen LogP contribution < -0.4 is 16.2 Å². The molecule has 0 bridgehead atoms. The molecule has 0 spiro atoms. The van der Waals surface area contributed by atoms with Crippen molar-refractivity contribution < 1.29 is 0 Å². The first-order valence-electron chi connectivity index (χ1n) is 18.3. The molecule has 11 rings (SSSR count). The maximum absolute atomic E-state index is 3.90. The van der Waals surface area contributed by atoms with Crippen LogP contribution in [0.1, 0.15) is 22.6 Å². The summed E-state index contributed by atoms with van der Waals surface area (Å²) in [7, 11) is 0.854. The van der Waals surface area contributed by atoms with Crippen molar-refractivity contribution in [3.05, 3.63) is 199 Å². The number of fused-ring (bicyclic) bond motifs is 8. The van der Waals surface area contributed by atoms with Crippen molar-refractivity contribution in [3.8, 4) is 16.8 Å². The smallest absolute Gasteiger partial charge is 0.198 e. The predicted octanol–water partition coefficient (Wildman–Crippen LogP) is 11.4. The zero-order chi connectivity index (χ0) is 34.9. The number of anilines is 2. The SMILES string of the molecule is B1c2ccccc2-n2c3ccccc3c3c(C(c4ccccc4)c4ccccc4)cc(-c4cc5c(cc4Nc4ccccc4)sc4ccccc45)c1c32. The van der Waals surface area contributed by atoms with Gasteiger partial charge in [-0.25, -0.2) is 0 Å². The van der Waals surface area contributed by atoms with Crippen LogP contribution in [0.3, 0.4) is 0 Å². The predicted molar refractivity (Wildman–Crippen MR) is 229 cm³/mol. The van der Waals surface area contributed by atoms with E-state index >= 15 is 0 Å². The Hall–Kier alpha value is -6.36. The first-order chi connectivity index (χ1) is 26.3. The highest BCUT2D eigenvalue weighted by Crippen LogP contribution is 2.46. The summed E-state index contributed by atoms with van der Waals surface area (Å²) >= 11 is 1.87. The molecule has 10 aromatic rings. The molecule has 0 saturated heterocycles. The molecule has 1 N–H and O–H groups in total. The third-order valence-corrected chi connectivity index (χ3v) is 12.2. The van der Waals surface area contributed by atoms with Gasteiger partial charge in [0.2, 0.25) is 0 Å². The summed E-state index contributed by atoms with van der Waals surface area (Å²) in [5.74, 6) is 0.0258. The lowest BCUT2D eigenvalue weighted by Gasteiger charge is -2.27. The summed E-state index contributed by atoms with van der Waals surface area (Å²) in [6.07, 6.45) is 0. The second-order valence-corrected chi connectivity index (χ2v) is 15.2. The lowest BCUT2D eigenvalue weighted by molar-refractivity contribution is 0.990. The van der Waals surface area contributed by atoms with Gasteiger partial charge in [-0.05, 0) is 76.2 Å². The fourth-order valence-corrected chi connectivity index (χ4v) is 9.97. The summed E-state index contributed by atoms with van der Waals surface area (Å²) in [6, 6.07) is 67.0. The summed E-state index contributed by atoms with van der Waals surface area (Å²) < 4.78 is 5.15. The molecule has 0 unspecified atom stereocenters. The number of rotatable bonds is 6. The van der Waals surface area contributed by atoms with Gasteiger partial charge in [0.25, 0.3) is 0 Å². The fraction of sp³-hybridized carbons (Fsp3) is 0.0204. The van der Waals surface area contributed by atoms with E-state index in [0.717, 1.165) is 18.7 Å². The summed E-state index contributed by atoms with van der Waals surface area (Å²) in [6.45, 7) is 0. The van der Waals surface area contributed by atoms with E-state index in [1.165, 1.54) is 86.4 Å². The number of aromatic nitrogens is 1. The summed E-state index contributed by atoms with van der Waals surface area (Å²) in [5.41, 5.74) is 15.1. The largest absolute Gasteiger partial charge is 0.355 e. The van der Waals surface area contributed by atoms with E-state index < -0.39 is 0 Å². The van der Waals surface area contributed by atoms with Crippen LogP contribution in [0.5, 0.6) is 0 Å². The number of hydrogen-bond donors (Lipinski definition) is 1. The lowest BCUT2D eigenvalue weighted by atomic mass is 9.58. The molecule has 2 nitrogen and oxygen atoms in total. The molecule has 0 radical (unpaired) electrons. The third-order valence-electron chi connectivity index (χ3n) is 11.1. The minimum atomic E-state index is 0.0258. The Bertz CT molecular complexity index is 2960. The van der Waals surface area contributed by atoms with Crippen LogP contribution >= 0.6 is 11.3 Å². The number of thiophene rings is 1. The molecular weight excluding hydrogens is 659 g/mol. The number of nitrogens with one attached hydrogen (secondary N) is 1. The normalized spacial score (nSPS) is 12.1. The molecule has 0 saturated carbocycles. The number of benzene rings is 8. The van der Waals surface area contributed by atoms with E-state index in [9.17, 15) is 0 Å². The second-order valence-electron chi connectivity index (χ2n) is 14.1. The van der Waals surface area contributed by atoms with E-state index in [1.54, 1.807) is 0 Å². The molecule has 2 aromatic heterocycles. The molecular formula is C49H33BN2S. The van der Waals surface area contributed by atoms with E-state index in [2.05, 4.69) is 192 Å². The van der Waals surface area contributed by atoms with Gasteiger partial charge < -0.3 is 9.88 Å². The van der Waals surface area contributed by atoms with Gasteiger partial charge in [0.1, 0.15) is 0 Å². The Morgan fingerprint density at radius 2 is 1.17 bits per heavy atom. The Morgan fingerprint density at radius 1 is 0.528 bits per heavy atom. The van der Waals surface area contributed by atoms with Gasteiger partial charge in [-0.3, -0.25) is 0 Å². The van der Waals surface area contributed by atoms with Crippen LogP contribution in [0.4, 0.5) is 11.4 Å². The molecule has 0 amide bonds. The molecule has 1 aliphatic rings. The summed E-state index contributed by atoms with van der Waals surface area (Å²) in [5, 5.41) is 9.13. The quantitative estimate of drug-likeness (QED) is 0.136. The van der Waals surface area contributed by atoms with Gasteiger partial charge in [-0.15, -0.1) is 11.3 Å². The van der Waals surface area contributed by atoms with Gasteiger partial charge in [-0.1, -0.05) is 139 Å². The molecule has 1 aliphatic heterocycles. The Labute approximate surface area is 312 Å². The van der Waals surface area contributed by atoms with Crippen LogP contribution in [-0.4, -0.2) is 11.8 Å². The molecule has 0 aliphatic carbocycles. The highest BCUT2D eigenvalue weighted by molar-refractivity contribution is 7.25. The summed E-state index contributed by atoms with van der Waals surface area (Å²) in [4.78, 5) is 0. The van der Waals surface area contributed by atoms with Gasteiger partial charge in [0.05, 0.1) is 5.52 Å². The maximum atomic E-state index is 3.90. The maximum Gasteiger partial charge on any atom is 0.198 e. The average Bonchev–Trinajstić information content (AvgIpc) is 3.76. The number of nitrogens with zero attached hydrogens (tertiary/aromatic N) is 1. The van der Waals surface area contributed by atoms with E-state index in [0.29, 0.717) is 0 Å². The molecule has 4 heteroatoms. The Morgan fingerprint density at radius 3 is 1.94 bits per heavy atom. The van der Waals surface area contributed by atoms with Crippen LogP contribution in [0, 0.1) is 0 Å². The van der Waals surface area contributed by atoms with Gasteiger partial charge >= 0.3 is 0 Å². The number of para-hydroxylation sites is 3. The van der Waals surface area contributed by atoms with Crippen molar-refractivity contribution >= 4 is 82.9 Å². The van der Waals surface area contributed by atoms with Crippen LogP contribution in [0.15, 0.2) is 182 Å². The Balaban J connectivity index is 1.32. The first-order valence-corrected chi connectivity index (χ1v) is 19.2. The van der Waals surface area contributed by atoms with E-state index in [-0.39, 0.29) is 5.92 Å². The average molecular weight is 693 g/mol. The van der Waals surface area contributed by atoms with Crippen molar-refractivity contribution in [1.82, 2.24) is 4.57 Å². The topological polar surface area (TPSA) is 17.0 Å². The number of hydrogen-bond acceptors (Lipinski definition) is 2. The van der Waals surface area contributed by atoms with Gasteiger partial charge in [0, 0.05) is 65.0 Å². The molecule has 248 valence electrons. The lowest BCUT2D eigenvalue weighted by Crippen LogP contribution is -2.37. The van der Waals surface area contributed by atoms with Crippen molar-refractivity contribution in [2.24, 2.45) is 0 Å².